The number of hydrogen-bond acceptors (Lipinski definition) is 4. The van der Waals surface area contributed by atoms with Crippen LogP contribution in [0.5, 0.6) is 0 Å². The molecule has 28 heavy (non-hydrogen) atoms. The smallest absolute Gasteiger partial charge is 0.291 e. The minimum Gasteiger partial charge on any atom is -0.459 e. The number of halogens is 2. The summed E-state index contributed by atoms with van der Waals surface area (Å²) < 4.78 is 5.06. The molecular formula is C20H16Cl2N2O3S. The first-order chi connectivity index (χ1) is 13.4. The second kappa shape index (κ2) is 9.19. The number of thioether (sulfide) groups is 1. The number of carbonyl (C=O) groups excluding carboxylic acids is 2. The fourth-order valence-corrected chi connectivity index (χ4v) is 3.62. The lowest BCUT2D eigenvalue weighted by atomic mass is 10.3. The van der Waals surface area contributed by atoms with E-state index in [1.807, 2.05) is 12.1 Å². The van der Waals surface area contributed by atoms with Crippen LogP contribution in [0, 0.1) is 0 Å². The zero-order chi connectivity index (χ0) is 20.1. The van der Waals surface area contributed by atoms with E-state index in [1.165, 1.54) is 18.0 Å². The second-order valence-electron chi connectivity index (χ2n) is 5.83. The molecule has 3 rings (SSSR count). The molecule has 5 nitrogen and oxygen atoms in total. The summed E-state index contributed by atoms with van der Waals surface area (Å²) in [6.07, 6.45) is 1.44. The van der Waals surface area contributed by atoms with Gasteiger partial charge in [-0.05, 0) is 61.5 Å². The second-order valence-corrected chi connectivity index (χ2v) is 8.09. The first-order valence-electron chi connectivity index (χ1n) is 8.30. The number of anilines is 2. The summed E-state index contributed by atoms with van der Waals surface area (Å²) in [6, 6.07) is 15.3. The molecule has 3 aromatic rings. The van der Waals surface area contributed by atoms with E-state index in [1.54, 1.807) is 49.4 Å². The van der Waals surface area contributed by atoms with E-state index >= 15 is 0 Å². The van der Waals surface area contributed by atoms with Crippen molar-refractivity contribution in [1.29, 1.82) is 0 Å². The zero-order valence-corrected chi connectivity index (χ0v) is 17.1. The van der Waals surface area contributed by atoms with Crippen molar-refractivity contribution in [3.8, 4) is 0 Å². The lowest BCUT2D eigenvalue weighted by molar-refractivity contribution is -0.115. The van der Waals surface area contributed by atoms with Crippen molar-refractivity contribution in [3.63, 3.8) is 0 Å². The molecular weight excluding hydrogens is 419 g/mol. The number of hydrogen-bond donors (Lipinski definition) is 2. The predicted molar refractivity (Wildman–Crippen MR) is 114 cm³/mol. The molecule has 0 saturated heterocycles. The Kier molecular flexibility index (Phi) is 6.67. The van der Waals surface area contributed by atoms with Crippen molar-refractivity contribution in [3.05, 3.63) is 76.7 Å². The number of rotatable bonds is 6. The quantitative estimate of drug-likeness (QED) is 0.469. The molecule has 2 amide bonds. The van der Waals surface area contributed by atoms with Crippen molar-refractivity contribution in [2.24, 2.45) is 0 Å². The summed E-state index contributed by atoms with van der Waals surface area (Å²) in [5, 5.41) is 6.07. The first kappa shape index (κ1) is 20.3. The predicted octanol–water partition coefficient (Wildman–Crippen LogP) is 5.96. The Morgan fingerprint density at radius 3 is 2.43 bits per heavy atom. The van der Waals surface area contributed by atoms with Crippen LogP contribution in [-0.2, 0) is 4.79 Å². The summed E-state index contributed by atoms with van der Waals surface area (Å²) >= 11 is 13.3. The lowest BCUT2D eigenvalue weighted by Crippen LogP contribution is -2.22. The first-order valence-corrected chi connectivity index (χ1v) is 9.93. The third-order valence-corrected chi connectivity index (χ3v) is 5.39. The van der Waals surface area contributed by atoms with Gasteiger partial charge in [-0.3, -0.25) is 9.59 Å². The van der Waals surface area contributed by atoms with Crippen molar-refractivity contribution < 1.29 is 14.0 Å². The molecule has 0 aliphatic rings. The number of benzene rings is 2. The molecule has 2 N–H and O–H groups in total. The van der Waals surface area contributed by atoms with Crippen LogP contribution in [-0.4, -0.2) is 17.1 Å². The van der Waals surface area contributed by atoms with E-state index in [9.17, 15) is 9.59 Å². The molecule has 2 aromatic carbocycles. The largest absolute Gasteiger partial charge is 0.459 e. The van der Waals surface area contributed by atoms with Gasteiger partial charge in [0.15, 0.2) is 5.76 Å². The van der Waals surface area contributed by atoms with Crippen LogP contribution in [0.1, 0.15) is 17.5 Å². The summed E-state index contributed by atoms with van der Waals surface area (Å²) in [5.74, 6) is -0.257. The molecule has 0 bridgehead atoms. The SMILES string of the molecule is CC(Sc1ccc(NC(=O)c2ccco2)cc1)C(=O)Nc1ccc(Cl)cc1Cl. The molecule has 0 saturated carbocycles. The maximum atomic E-state index is 12.4. The van der Waals surface area contributed by atoms with Gasteiger partial charge in [-0.25, -0.2) is 0 Å². The Labute approximate surface area is 176 Å². The standard InChI is InChI=1S/C20H16Cl2N2O3S/c1-12(19(25)24-17-9-4-13(21)11-16(17)22)28-15-7-5-14(6-8-15)23-20(26)18-3-2-10-27-18/h2-12H,1H3,(H,23,26)(H,24,25). The molecule has 0 fully saturated rings. The average molecular weight is 435 g/mol. The van der Waals surface area contributed by atoms with Crippen LogP contribution >= 0.6 is 35.0 Å². The molecule has 0 aliphatic carbocycles. The highest BCUT2D eigenvalue weighted by Crippen LogP contribution is 2.28. The van der Waals surface area contributed by atoms with Crippen molar-refractivity contribution in [2.45, 2.75) is 17.1 Å². The number of carbonyl (C=O) groups is 2. The molecule has 0 radical (unpaired) electrons. The fraction of sp³-hybridized carbons (Fsp3) is 0.100. The summed E-state index contributed by atoms with van der Waals surface area (Å²) in [5.41, 5.74) is 1.15. The highest BCUT2D eigenvalue weighted by Gasteiger charge is 2.16. The van der Waals surface area contributed by atoms with Gasteiger partial charge in [0.05, 0.1) is 22.2 Å². The molecule has 1 unspecified atom stereocenters. The van der Waals surface area contributed by atoms with Crippen LogP contribution in [0.4, 0.5) is 11.4 Å². The zero-order valence-electron chi connectivity index (χ0n) is 14.7. The Balaban J connectivity index is 1.57. The van der Waals surface area contributed by atoms with Crippen LogP contribution in [0.2, 0.25) is 10.0 Å². The van der Waals surface area contributed by atoms with Crippen molar-refractivity contribution in [2.75, 3.05) is 10.6 Å². The van der Waals surface area contributed by atoms with Gasteiger partial charge in [0.2, 0.25) is 5.91 Å². The molecule has 1 heterocycles. The van der Waals surface area contributed by atoms with E-state index in [0.29, 0.717) is 21.4 Å². The minimum absolute atomic E-state index is 0.176. The number of amides is 2. The molecule has 0 spiro atoms. The topological polar surface area (TPSA) is 71.3 Å². The normalized spacial score (nSPS) is 11.7. The van der Waals surface area contributed by atoms with E-state index < -0.39 is 0 Å². The van der Waals surface area contributed by atoms with E-state index in [4.69, 9.17) is 27.6 Å². The highest BCUT2D eigenvalue weighted by atomic mass is 35.5. The van der Waals surface area contributed by atoms with Gasteiger partial charge in [0.1, 0.15) is 0 Å². The Morgan fingerprint density at radius 1 is 1.04 bits per heavy atom. The highest BCUT2D eigenvalue weighted by molar-refractivity contribution is 8.00. The maximum Gasteiger partial charge on any atom is 0.291 e. The van der Waals surface area contributed by atoms with Crippen LogP contribution in [0.15, 0.2) is 70.2 Å². The molecule has 8 heteroatoms. The van der Waals surface area contributed by atoms with Gasteiger partial charge in [-0.2, -0.15) is 0 Å². The average Bonchev–Trinajstić information content (AvgIpc) is 3.20. The molecule has 1 atom stereocenters. The van der Waals surface area contributed by atoms with Gasteiger partial charge >= 0.3 is 0 Å². The van der Waals surface area contributed by atoms with Crippen LogP contribution in [0.25, 0.3) is 0 Å². The van der Waals surface area contributed by atoms with Crippen LogP contribution in [0.3, 0.4) is 0 Å². The number of nitrogens with one attached hydrogen (secondary N) is 2. The third-order valence-electron chi connectivity index (χ3n) is 3.73. The monoisotopic (exact) mass is 434 g/mol. The van der Waals surface area contributed by atoms with E-state index in [2.05, 4.69) is 10.6 Å². The molecule has 144 valence electrons. The summed E-state index contributed by atoms with van der Waals surface area (Å²) in [4.78, 5) is 25.3. The Bertz CT molecular complexity index is 976. The van der Waals surface area contributed by atoms with Crippen LogP contribution < -0.4 is 10.6 Å². The Morgan fingerprint density at radius 2 is 1.79 bits per heavy atom. The summed E-state index contributed by atoms with van der Waals surface area (Å²) in [6.45, 7) is 1.80. The maximum absolute atomic E-state index is 12.4. The van der Waals surface area contributed by atoms with Crippen molar-refractivity contribution in [1.82, 2.24) is 0 Å². The third kappa shape index (κ3) is 5.32. The van der Waals surface area contributed by atoms with E-state index in [0.717, 1.165) is 4.90 Å². The molecule has 0 aliphatic heterocycles. The van der Waals surface area contributed by atoms with Gasteiger partial charge < -0.3 is 15.1 Å². The Hall–Kier alpha value is -2.41. The minimum atomic E-state index is -0.352. The van der Waals surface area contributed by atoms with Crippen molar-refractivity contribution >= 4 is 58.2 Å². The fourth-order valence-electron chi connectivity index (χ4n) is 2.30. The summed E-state index contributed by atoms with van der Waals surface area (Å²) in [7, 11) is 0. The van der Waals surface area contributed by atoms with Gasteiger partial charge in [0.25, 0.3) is 5.91 Å². The molecule has 1 aromatic heterocycles. The number of furan rings is 1. The van der Waals surface area contributed by atoms with Gasteiger partial charge in [-0.15, -0.1) is 11.8 Å². The van der Waals surface area contributed by atoms with Gasteiger partial charge in [-0.1, -0.05) is 23.2 Å². The van der Waals surface area contributed by atoms with E-state index in [-0.39, 0.29) is 22.8 Å². The van der Waals surface area contributed by atoms with Gasteiger partial charge in [0, 0.05) is 15.6 Å². The lowest BCUT2D eigenvalue weighted by Gasteiger charge is -2.13.